The van der Waals surface area contributed by atoms with Crippen molar-refractivity contribution in [1.82, 2.24) is 5.32 Å². The quantitative estimate of drug-likeness (QED) is 0.519. The number of halogens is 2. The number of hydrogen-bond donors (Lipinski definition) is 2. The summed E-state index contributed by atoms with van der Waals surface area (Å²) in [5, 5.41) is 3.10. The summed E-state index contributed by atoms with van der Waals surface area (Å²) in [5.41, 5.74) is 11.5. The number of nitrogens with one attached hydrogen (secondary N) is 1. The van der Waals surface area contributed by atoms with Gasteiger partial charge in [-0.2, -0.15) is 0 Å². The first-order valence-corrected chi connectivity index (χ1v) is 11.8. The third-order valence-electron chi connectivity index (χ3n) is 6.23. The molecular weight excluding hydrogens is 485 g/mol. The predicted molar refractivity (Wildman–Crippen MR) is 141 cm³/mol. The maximum atomic E-state index is 13.6. The number of rotatable bonds is 4. The normalized spacial score (nSPS) is 16.5. The van der Waals surface area contributed by atoms with Crippen molar-refractivity contribution in [1.29, 1.82) is 0 Å². The van der Waals surface area contributed by atoms with E-state index in [-0.39, 0.29) is 27.2 Å². The molecule has 0 radical (unpaired) electrons. The summed E-state index contributed by atoms with van der Waals surface area (Å²) in [4.78, 5) is 35.3. The summed E-state index contributed by atoms with van der Waals surface area (Å²) in [5.74, 6) is -0.822. The van der Waals surface area contributed by atoms with Crippen molar-refractivity contribution in [3.63, 3.8) is 0 Å². The second kappa shape index (κ2) is 8.91. The Morgan fingerprint density at radius 2 is 1.80 bits per heavy atom. The highest BCUT2D eigenvalue weighted by molar-refractivity contribution is 6.39. The molecule has 5 rings (SSSR count). The molecule has 0 bridgehead atoms. The fourth-order valence-corrected chi connectivity index (χ4v) is 4.92. The highest BCUT2D eigenvalue weighted by Crippen LogP contribution is 2.39. The zero-order chi connectivity index (χ0) is 24.9. The van der Waals surface area contributed by atoms with Gasteiger partial charge in [0.1, 0.15) is 0 Å². The van der Waals surface area contributed by atoms with Crippen LogP contribution in [-0.4, -0.2) is 44.3 Å². The van der Waals surface area contributed by atoms with Crippen molar-refractivity contribution in [3.05, 3.63) is 86.9 Å². The fraction of sp³-hybridized carbons (Fsp3) is 0.192. The monoisotopic (exact) mass is 507 g/mol. The molecule has 3 aromatic carbocycles. The van der Waals surface area contributed by atoms with Gasteiger partial charge in [-0.05, 0) is 36.2 Å². The smallest absolute Gasteiger partial charge is 0.272 e. The molecule has 9 heteroatoms. The number of nitrogen functional groups attached to an aromatic ring is 1. The number of amides is 2. The number of nitrogens with two attached hydrogens (primary N) is 1. The average molecular weight is 508 g/mol. The van der Waals surface area contributed by atoms with Gasteiger partial charge in [-0.15, -0.1) is 0 Å². The Morgan fingerprint density at radius 3 is 2.46 bits per heavy atom. The van der Waals surface area contributed by atoms with Crippen LogP contribution in [0.1, 0.15) is 27.0 Å². The van der Waals surface area contributed by atoms with E-state index >= 15 is 0 Å². The zero-order valence-electron chi connectivity index (χ0n) is 19.2. The van der Waals surface area contributed by atoms with E-state index in [1.165, 1.54) is 12.1 Å². The number of nitrogens with zero attached hydrogens (tertiary/aromatic N) is 3. The minimum Gasteiger partial charge on any atom is -0.396 e. The van der Waals surface area contributed by atoms with E-state index in [0.29, 0.717) is 12.3 Å². The first-order valence-electron chi connectivity index (χ1n) is 11.1. The van der Waals surface area contributed by atoms with Crippen LogP contribution in [0.15, 0.2) is 59.6 Å². The molecule has 3 aromatic rings. The summed E-state index contributed by atoms with van der Waals surface area (Å²) in [6, 6.07) is 16.6. The lowest BCUT2D eigenvalue weighted by Gasteiger charge is -2.22. The molecule has 2 amide bonds. The number of aliphatic imine (C=N–C) groups is 1. The van der Waals surface area contributed by atoms with Crippen LogP contribution >= 0.6 is 23.2 Å². The summed E-state index contributed by atoms with van der Waals surface area (Å²) >= 11 is 12.2. The Hall–Kier alpha value is -3.55. The van der Waals surface area contributed by atoms with Crippen molar-refractivity contribution in [2.45, 2.75) is 12.6 Å². The van der Waals surface area contributed by atoms with E-state index in [9.17, 15) is 9.59 Å². The molecule has 2 aliphatic rings. The SMILES string of the molecule is CN(C)c1cc2c3c(c1)C(c1ccccc1)=NC(NC(=O)c1cc(Cl)c(N)c(Cl)c1)C(=O)N3CC2. The van der Waals surface area contributed by atoms with Crippen molar-refractivity contribution >= 4 is 57.8 Å². The van der Waals surface area contributed by atoms with Crippen LogP contribution in [0.4, 0.5) is 17.1 Å². The van der Waals surface area contributed by atoms with Crippen LogP contribution < -0.4 is 20.9 Å². The minimum atomic E-state index is -1.13. The third-order valence-corrected chi connectivity index (χ3v) is 6.86. The largest absolute Gasteiger partial charge is 0.396 e. The molecule has 2 heterocycles. The fourth-order valence-electron chi connectivity index (χ4n) is 4.43. The van der Waals surface area contributed by atoms with Gasteiger partial charge in [-0.3, -0.25) is 9.59 Å². The van der Waals surface area contributed by atoms with Gasteiger partial charge in [-0.25, -0.2) is 4.99 Å². The molecule has 0 aromatic heterocycles. The Labute approximate surface area is 213 Å². The first kappa shape index (κ1) is 23.2. The highest BCUT2D eigenvalue weighted by atomic mass is 35.5. The number of hydrogen-bond acceptors (Lipinski definition) is 5. The molecule has 0 fully saturated rings. The van der Waals surface area contributed by atoms with Gasteiger partial charge in [0.05, 0.1) is 27.1 Å². The number of anilines is 3. The van der Waals surface area contributed by atoms with Crippen LogP contribution in [0, 0.1) is 0 Å². The highest BCUT2D eigenvalue weighted by Gasteiger charge is 2.37. The topological polar surface area (TPSA) is 91.0 Å². The van der Waals surface area contributed by atoms with Gasteiger partial charge in [-0.1, -0.05) is 53.5 Å². The number of carbonyl (C=O) groups excluding carboxylic acids is 2. The van der Waals surface area contributed by atoms with Crippen LogP contribution in [0.25, 0.3) is 0 Å². The Kier molecular flexibility index (Phi) is 5.91. The molecule has 0 aliphatic carbocycles. The van der Waals surface area contributed by atoms with Gasteiger partial charge >= 0.3 is 0 Å². The van der Waals surface area contributed by atoms with E-state index in [4.69, 9.17) is 33.9 Å². The molecule has 0 saturated heterocycles. The first-order chi connectivity index (χ1) is 16.7. The van der Waals surface area contributed by atoms with Gasteiger partial charge in [0.15, 0.2) is 0 Å². The minimum absolute atomic E-state index is 0.163. The molecular formula is C26H23Cl2N5O2. The summed E-state index contributed by atoms with van der Waals surface area (Å²) in [6.45, 7) is 0.515. The van der Waals surface area contributed by atoms with Gasteiger partial charge in [0.2, 0.25) is 6.17 Å². The number of carbonyl (C=O) groups is 2. The van der Waals surface area contributed by atoms with Crippen LogP contribution in [0.2, 0.25) is 10.0 Å². The van der Waals surface area contributed by atoms with Crippen molar-refractivity contribution in [2.24, 2.45) is 4.99 Å². The van der Waals surface area contributed by atoms with Crippen LogP contribution in [0.5, 0.6) is 0 Å². The van der Waals surface area contributed by atoms with Gasteiger partial charge in [0, 0.05) is 43.0 Å². The standard InChI is InChI=1S/C26H23Cl2N5O2/c1-32(2)17-10-15-8-9-33-23(15)18(13-17)22(14-6-4-3-5-7-14)30-24(26(33)35)31-25(34)16-11-19(27)21(29)20(28)12-16/h3-7,10-13,24H,8-9,29H2,1-2H3,(H,31,34). The lowest BCUT2D eigenvalue weighted by molar-refractivity contribution is -0.120. The van der Waals surface area contributed by atoms with Gasteiger partial charge in [0.25, 0.3) is 11.8 Å². The Balaban J connectivity index is 1.63. The molecule has 178 valence electrons. The lowest BCUT2D eigenvalue weighted by atomic mass is 9.97. The number of benzene rings is 3. The third kappa shape index (κ3) is 4.11. The second-order valence-electron chi connectivity index (χ2n) is 8.71. The Bertz CT molecular complexity index is 1360. The van der Waals surface area contributed by atoms with E-state index in [1.54, 1.807) is 4.90 Å². The van der Waals surface area contributed by atoms with Crippen molar-refractivity contribution < 1.29 is 9.59 Å². The van der Waals surface area contributed by atoms with E-state index in [2.05, 4.69) is 11.4 Å². The molecule has 1 atom stereocenters. The van der Waals surface area contributed by atoms with Crippen molar-refractivity contribution in [3.8, 4) is 0 Å². The van der Waals surface area contributed by atoms with E-state index in [0.717, 1.165) is 34.5 Å². The van der Waals surface area contributed by atoms with Gasteiger partial charge < -0.3 is 20.9 Å². The van der Waals surface area contributed by atoms with Crippen molar-refractivity contribution in [2.75, 3.05) is 36.2 Å². The summed E-state index contributed by atoms with van der Waals surface area (Å²) in [6.07, 6.45) is -0.407. The molecule has 0 spiro atoms. The lowest BCUT2D eigenvalue weighted by Crippen LogP contribution is -2.47. The summed E-state index contributed by atoms with van der Waals surface area (Å²) in [7, 11) is 3.96. The maximum Gasteiger partial charge on any atom is 0.272 e. The van der Waals surface area contributed by atoms with Crippen LogP contribution in [-0.2, 0) is 11.2 Å². The molecule has 7 nitrogen and oxygen atoms in total. The molecule has 1 unspecified atom stereocenters. The van der Waals surface area contributed by atoms with Crippen LogP contribution in [0.3, 0.4) is 0 Å². The zero-order valence-corrected chi connectivity index (χ0v) is 20.7. The molecule has 35 heavy (non-hydrogen) atoms. The second-order valence-corrected chi connectivity index (χ2v) is 9.52. The molecule has 2 aliphatic heterocycles. The molecule has 3 N–H and O–H groups in total. The maximum absolute atomic E-state index is 13.6. The predicted octanol–water partition coefficient (Wildman–Crippen LogP) is 4.14. The Morgan fingerprint density at radius 1 is 1.11 bits per heavy atom. The summed E-state index contributed by atoms with van der Waals surface area (Å²) < 4.78 is 0. The molecule has 0 saturated carbocycles. The van der Waals surface area contributed by atoms with E-state index < -0.39 is 12.1 Å². The average Bonchev–Trinajstić information content (AvgIpc) is 3.23. The van der Waals surface area contributed by atoms with E-state index in [1.807, 2.05) is 55.4 Å².